The van der Waals surface area contributed by atoms with Crippen molar-refractivity contribution in [1.82, 2.24) is 5.32 Å². The van der Waals surface area contributed by atoms with Crippen molar-refractivity contribution in [3.05, 3.63) is 34.9 Å². The molecule has 1 saturated carbocycles. The van der Waals surface area contributed by atoms with E-state index in [0.29, 0.717) is 6.04 Å². The first-order valence-corrected chi connectivity index (χ1v) is 5.68. The summed E-state index contributed by atoms with van der Waals surface area (Å²) in [5, 5.41) is 3.56. The highest BCUT2D eigenvalue weighted by atomic mass is 14.9. The fourth-order valence-electron chi connectivity index (χ4n) is 2.52. The van der Waals surface area contributed by atoms with E-state index < -0.39 is 0 Å². The van der Waals surface area contributed by atoms with Crippen LogP contribution in [0.25, 0.3) is 0 Å². The summed E-state index contributed by atoms with van der Waals surface area (Å²) >= 11 is 0. The van der Waals surface area contributed by atoms with Crippen molar-refractivity contribution in [3.8, 4) is 0 Å². The zero-order valence-electron chi connectivity index (χ0n) is 8.72. The molecular weight excluding hydrogens is 170 g/mol. The van der Waals surface area contributed by atoms with Gasteiger partial charge in [0.1, 0.15) is 0 Å². The van der Waals surface area contributed by atoms with E-state index >= 15 is 0 Å². The Labute approximate surface area is 85.5 Å². The van der Waals surface area contributed by atoms with Gasteiger partial charge in [0, 0.05) is 12.6 Å². The third-order valence-electron chi connectivity index (χ3n) is 3.48. The molecule has 0 radical (unpaired) electrons. The van der Waals surface area contributed by atoms with Gasteiger partial charge in [-0.3, -0.25) is 0 Å². The molecule has 1 aromatic rings. The highest BCUT2D eigenvalue weighted by molar-refractivity contribution is 5.41. The van der Waals surface area contributed by atoms with Gasteiger partial charge in [0.15, 0.2) is 0 Å². The molecule has 14 heavy (non-hydrogen) atoms. The molecule has 0 saturated heterocycles. The van der Waals surface area contributed by atoms with Gasteiger partial charge in [0.25, 0.3) is 0 Å². The van der Waals surface area contributed by atoms with Crippen LogP contribution in [-0.4, -0.2) is 6.04 Å². The second-order valence-electron chi connectivity index (χ2n) is 4.75. The van der Waals surface area contributed by atoms with Gasteiger partial charge in [-0.15, -0.1) is 0 Å². The normalized spacial score (nSPS) is 25.9. The Morgan fingerprint density at radius 3 is 2.93 bits per heavy atom. The van der Waals surface area contributed by atoms with Crippen molar-refractivity contribution in [2.24, 2.45) is 0 Å². The molecule has 1 unspecified atom stereocenters. The zero-order valence-corrected chi connectivity index (χ0v) is 8.72. The van der Waals surface area contributed by atoms with E-state index in [-0.39, 0.29) is 0 Å². The fraction of sp³-hybridized carbons (Fsp3) is 0.538. The predicted octanol–water partition coefficient (Wildman–Crippen LogP) is 2.60. The molecule has 1 aliphatic carbocycles. The summed E-state index contributed by atoms with van der Waals surface area (Å²) in [6.07, 6.45) is 4.02. The third-order valence-corrected chi connectivity index (χ3v) is 3.48. The van der Waals surface area contributed by atoms with Crippen molar-refractivity contribution in [2.45, 2.75) is 44.7 Å². The van der Waals surface area contributed by atoms with E-state index in [0.717, 1.165) is 12.5 Å². The summed E-state index contributed by atoms with van der Waals surface area (Å²) < 4.78 is 0. The minimum absolute atomic E-state index is 0.650. The Morgan fingerprint density at radius 1 is 1.29 bits per heavy atom. The van der Waals surface area contributed by atoms with E-state index in [1.54, 1.807) is 16.7 Å². The number of rotatable bonds is 1. The average molecular weight is 187 g/mol. The summed E-state index contributed by atoms with van der Waals surface area (Å²) in [6, 6.07) is 7.52. The van der Waals surface area contributed by atoms with E-state index in [2.05, 4.69) is 30.4 Å². The van der Waals surface area contributed by atoms with Crippen LogP contribution in [0, 0.1) is 0 Å². The van der Waals surface area contributed by atoms with Gasteiger partial charge in [0.2, 0.25) is 0 Å². The van der Waals surface area contributed by atoms with Gasteiger partial charge in [-0.05, 0) is 48.8 Å². The summed E-state index contributed by atoms with van der Waals surface area (Å²) in [6.45, 7) is 3.36. The summed E-state index contributed by atoms with van der Waals surface area (Å²) in [7, 11) is 0. The molecule has 1 atom stereocenters. The van der Waals surface area contributed by atoms with Gasteiger partial charge in [-0.1, -0.05) is 18.2 Å². The molecule has 74 valence electrons. The van der Waals surface area contributed by atoms with Crippen LogP contribution in [0.3, 0.4) is 0 Å². The van der Waals surface area contributed by atoms with Crippen LogP contribution in [0.4, 0.5) is 0 Å². The Hall–Kier alpha value is -0.820. The predicted molar refractivity (Wildman–Crippen MR) is 58.4 cm³/mol. The highest BCUT2D eigenvalue weighted by Gasteiger charge is 2.28. The molecule has 1 nitrogen and oxygen atoms in total. The molecule has 2 aliphatic rings. The lowest BCUT2D eigenvalue weighted by molar-refractivity contribution is 0.511. The fourth-order valence-corrected chi connectivity index (χ4v) is 2.52. The zero-order chi connectivity index (χ0) is 9.54. The average Bonchev–Trinajstić information content (AvgIpc) is 2.99. The monoisotopic (exact) mass is 187 g/mol. The van der Waals surface area contributed by atoms with E-state index in [1.165, 1.54) is 19.3 Å². The first-order chi connectivity index (χ1) is 6.84. The van der Waals surface area contributed by atoms with Crippen LogP contribution in [0.1, 0.15) is 42.4 Å². The van der Waals surface area contributed by atoms with E-state index in [9.17, 15) is 0 Å². The number of hydrogen-bond donors (Lipinski definition) is 1. The van der Waals surface area contributed by atoms with Gasteiger partial charge in [-0.2, -0.15) is 0 Å². The van der Waals surface area contributed by atoms with Crippen molar-refractivity contribution >= 4 is 0 Å². The van der Waals surface area contributed by atoms with Gasteiger partial charge in [0.05, 0.1) is 0 Å². The maximum Gasteiger partial charge on any atom is 0.0213 e. The van der Waals surface area contributed by atoms with Gasteiger partial charge in [-0.25, -0.2) is 0 Å². The van der Waals surface area contributed by atoms with Crippen LogP contribution in [0.2, 0.25) is 0 Å². The first kappa shape index (κ1) is 8.49. The van der Waals surface area contributed by atoms with Crippen molar-refractivity contribution in [3.63, 3.8) is 0 Å². The quantitative estimate of drug-likeness (QED) is 0.712. The second kappa shape index (κ2) is 3.09. The lowest BCUT2D eigenvalue weighted by atomic mass is 9.91. The second-order valence-corrected chi connectivity index (χ2v) is 4.75. The topological polar surface area (TPSA) is 12.0 Å². The molecule has 1 fully saturated rings. The molecule has 0 aromatic heterocycles. The summed E-state index contributed by atoms with van der Waals surface area (Å²) in [4.78, 5) is 0. The van der Waals surface area contributed by atoms with Crippen molar-refractivity contribution in [1.29, 1.82) is 0 Å². The van der Waals surface area contributed by atoms with Crippen LogP contribution >= 0.6 is 0 Å². The lowest BCUT2D eigenvalue weighted by Crippen LogP contribution is -2.33. The van der Waals surface area contributed by atoms with Crippen LogP contribution in [-0.2, 0) is 13.0 Å². The molecule has 1 heterocycles. The summed E-state index contributed by atoms with van der Waals surface area (Å²) in [5.41, 5.74) is 4.82. The number of nitrogens with one attached hydrogen (secondary N) is 1. The summed E-state index contributed by atoms with van der Waals surface area (Å²) in [5.74, 6) is 0.889. The SMILES string of the molecule is CC1Cc2cccc(C3CC3)c2CN1. The number of fused-ring (bicyclic) bond motifs is 1. The largest absolute Gasteiger partial charge is 0.310 e. The lowest BCUT2D eigenvalue weighted by Gasteiger charge is -2.25. The van der Waals surface area contributed by atoms with Crippen LogP contribution in [0.15, 0.2) is 18.2 Å². The minimum Gasteiger partial charge on any atom is -0.310 e. The first-order valence-electron chi connectivity index (χ1n) is 5.68. The standard InChI is InChI=1S/C13H17N/c1-9-7-11-3-2-4-12(10-5-6-10)13(11)8-14-9/h2-4,9-10,14H,5-8H2,1H3. The van der Waals surface area contributed by atoms with E-state index in [1.807, 2.05) is 0 Å². The molecule has 1 heteroatoms. The molecular formula is C13H17N. The molecule has 0 amide bonds. The van der Waals surface area contributed by atoms with Crippen molar-refractivity contribution in [2.75, 3.05) is 0 Å². The molecule has 1 aromatic carbocycles. The smallest absolute Gasteiger partial charge is 0.0213 e. The molecule has 0 bridgehead atoms. The Bertz CT molecular complexity index is 352. The maximum atomic E-state index is 3.56. The minimum atomic E-state index is 0.650. The van der Waals surface area contributed by atoms with Crippen molar-refractivity contribution < 1.29 is 0 Å². The Morgan fingerprint density at radius 2 is 2.14 bits per heavy atom. The third kappa shape index (κ3) is 1.36. The van der Waals surface area contributed by atoms with E-state index in [4.69, 9.17) is 0 Å². The maximum absolute atomic E-state index is 3.56. The molecule has 0 spiro atoms. The number of benzene rings is 1. The molecule has 3 rings (SSSR count). The molecule has 1 N–H and O–H groups in total. The highest BCUT2D eigenvalue weighted by Crippen LogP contribution is 2.42. The number of hydrogen-bond acceptors (Lipinski definition) is 1. The van der Waals surface area contributed by atoms with Crippen LogP contribution < -0.4 is 5.32 Å². The Balaban J connectivity index is 2.02. The van der Waals surface area contributed by atoms with Gasteiger partial charge >= 0.3 is 0 Å². The molecule has 1 aliphatic heterocycles. The van der Waals surface area contributed by atoms with Crippen LogP contribution in [0.5, 0.6) is 0 Å². The van der Waals surface area contributed by atoms with Gasteiger partial charge < -0.3 is 5.32 Å². The Kier molecular flexibility index (Phi) is 1.88.